The van der Waals surface area contributed by atoms with Gasteiger partial charge in [0.05, 0.1) is 33.5 Å². The van der Waals surface area contributed by atoms with Crippen LogP contribution in [-0.4, -0.2) is 38.6 Å². The molecule has 1 aromatic rings. The molecule has 1 atom stereocenters. The summed E-state index contributed by atoms with van der Waals surface area (Å²) in [5.74, 6) is 1.10. The number of nitrogens with one attached hydrogen (secondary N) is 1. The summed E-state index contributed by atoms with van der Waals surface area (Å²) < 4.78 is 15.0. The molecule has 1 unspecified atom stereocenters. The summed E-state index contributed by atoms with van der Waals surface area (Å²) in [6.45, 7) is 2.07. The maximum absolute atomic E-state index is 11.1. The lowest BCUT2D eigenvalue weighted by Crippen LogP contribution is -2.28. The monoisotopic (exact) mass is 269 g/mol. The Hall–Kier alpha value is -1.95. The number of amides is 1. The third-order valence-corrected chi connectivity index (χ3v) is 2.51. The van der Waals surface area contributed by atoms with Gasteiger partial charge in [0.25, 0.3) is 0 Å². The van der Waals surface area contributed by atoms with Crippen LogP contribution in [-0.2, 0) is 4.74 Å². The minimum Gasteiger partial charge on any atom is -0.493 e. The van der Waals surface area contributed by atoms with E-state index in [-0.39, 0.29) is 13.2 Å². The van der Waals surface area contributed by atoms with Gasteiger partial charge in [-0.15, -0.1) is 0 Å². The standard InChI is InChI=1S/C13H19NO5/c1-4-19-13(16)14-8-10(15)9-5-6-11(17-2)12(7-9)18-3/h5-7,10,15H,4,8H2,1-3H3,(H,14,16). The maximum atomic E-state index is 11.1. The van der Waals surface area contributed by atoms with Gasteiger partial charge in [-0.3, -0.25) is 0 Å². The van der Waals surface area contributed by atoms with Crippen LogP contribution in [0, 0.1) is 0 Å². The molecule has 0 radical (unpaired) electrons. The molecular formula is C13H19NO5. The Kier molecular flexibility index (Phi) is 5.95. The first-order chi connectivity index (χ1) is 9.12. The summed E-state index contributed by atoms with van der Waals surface area (Å²) in [5.41, 5.74) is 0.620. The molecule has 2 N–H and O–H groups in total. The summed E-state index contributed by atoms with van der Waals surface area (Å²) in [6, 6.07) is 5.07. The van der Waals surface area contributed by atoms with E-state index in [2.05, 4.69) is 5.32 Å². The van der Waals surface area contributed by atoms with Crippen LogP contribution in [0.1, 0.15) is 18.6 Å². The fourth-order valence-corrected chi connectivity index (χ4v) is 1.54. The second kappa shape index (κ2) is 7.48. The molecule has 1 amide bonds. The Balaban J connectivity index is 2.66. The zero-order chi connectivity index (χ0) is 14.3. The molecule has 0 heterocycles. The maximum Gasteiger partial charge on any atom is 0.407 e. The van der Waals surface area contributed by atoms with E-state index in [0.717, 1.165) is 0 Å². The minimum atomic E-state index is -0.843. The van der Waals surface area contributed by atoms with Crippen molar-refractivity contribution < 1.29 is 24.1 Å². The molecule has 0 aliphatic heterocycles. The summed E-state index contributed by atoms with van der Waals surface area (Å²) in [4.78, 5) is 11.1. The Labute approximate surface area is 112 Å². The van der Waals surface area contributed by atoms with Crippen LogP contribution in [0.5, 0.6) is 11.5 Å². The number of alkyl carbamates (subject to hydrolysis) is 1. The predicted molar refractivity (Wildman–Crippen MR) is 69.5 cm³/mol. The number of methoxy groups -OCH3 is 2. The summed E-state index contributed by atoms with van der Waals surface area (Å²) in [6.07, 6.45) is -1.40. The number of aliphatic hydroxyl groups excluding tert-OH is 1. The Morgan fingerprint density at radius 1 is 1.32 bits per heavy atom. The first-order valence-electron chi connectivity index (χ1n) is 5.93. The Morgan fingerprint density at radius 2 is 2.00 bits per heavy atom. The van der Waals surface area contributed by atoms with E-state index in [0.29, 0.717) is 17.1 Å². The SMILES string of the molecule is CCOC(=O)NCC(O)c1ccc(OC)c(OC)c1. The Morgan fingerprint density at radius 3 is 2.58 bits per heavy atom. The van der Waals surface area contributed by atoms with Crippen LogP contribution in [0.25, 0.3) is 0 Å². The molecule has 19 heavy (non-hydrogen) atoms. The van der Waals surface area contributed by atoms with Gasteiger partial charge in [-0.05, 0) is 24.6 Å². The van der Waals surface area contributed by atoms with Crippen molar-refractivity contribution in [2.24, 2.45) is 0 Å². The molecule has 106 valence electrons. The van der Waals surface area contributed by atoms with Crippen molar-refractivity contribution >= 4 is 6.09 Å². The highest BCUT2D eigenvalue weighted by Gasteiger charge is 2.13. The topological polar surface area (TPSA) is 77.0 Å². The average Bonchev–Trinajstić information content (AvgIpc) is 2.44. The van der Waals surface area contributed by atoms with E-state index in [1.807, 2.05) is 0 Å². The van der Waals surface area contributed by atoms with Crippen LogP contribution >= 0.6 is 0 Å². The molecule has 0 aromatic heterocycles. The zero-order valence-corrected chi connectivity index (χ0v) is 11.3. The smallest absolute Gasteiger partial charge is 0.407 e. The van der Waals surface area contributed by atoms with Crippen molar-refractivity contribution in [2.45, 2.75) is 13.0 Å². The van der Waals surface area contributed by atoms with Gasteiger partial charge in [-0.2, -0.15) is 0 Å². The number of carbonyl (C=O) groups is 1. The lowest BCUT2D eigenvalue weighted by molar-refractivity contribution is 0.135. The van der Waals surface area contributed by atoms with Crippen molar-refractivity contribution in [3.05, 3.63) is 23.8 Å². The molecule has 6 heteroatoms. The van der Waals surface area contributed by atoms with Gasteiger partial charge < -0.3 is 24.6 Å². The fourth-order valence-electron chi connectivity index (χ4n) is 1.54. The number of carbonyl (C=O) groups excluding carboxylic acids is 1. The molecule has 0 spiro atoms. The summed E-state index contributed by atoms with van der Waals surface area (Å²) in [7, 11) is 3.06. The van der Waals surface area contributed by atoms with E-state index >= 15 is 0 Å². The molecule has 1 aromatic carbocycles. The number of aliphatic hydroxyl groups is 1. The largest absolute Gasteiger partial charge is 0.493 e. The molecule has 6 nitrogen and oxygen atoms in total. The van der Waals surface area contributed by atoms with E-state index in [1.165, 1.54) is 14.2 Å². The van der Waals surface area contributed by atoms with Crippen molar-refractivity contribution in [3.8, 4) is 11.5 Å². The highest BCUT2D eigenvalue weighted by Crippen LogP contribution is 2.29. The van der Waals surface area contributed by atoms with E-state index in [4.69, 9.17) is 14.2 Å². The molecule has 0 saturated carbocycles. The molecule has 0 aliphatic rings. The van der Waals surface area contributed by atoms with Crippen molar-refractivity contribution in [2.75, 3.05) is 27.4 Å². The van der Waals surface area contributed by atoms with Gasteiger partial charge >= 0.3 is 6.09 Å². The molecule has 0 bridgehead atoms. The lowest BCUT2D eigenvalue weighted by Gasteiger charge is -2.14. The number of hydrogen-bond donors (Lipinski definition) is 2. The fraction of sp³-hybridized carbons (Fsp3) is 0.462. The quantitative estimate of drug-likeness (QED) is 0.818. The first kappa shape index (κ1) is 15.1. The third-order valence-electron chi connectivity index (χ3n) is 2.51. The van der Waals surface area contributed by atoms with Crippen LogP contribution in [0.15, 0.2) is 18.2 Å². The second-order valence-electron chi connectivity index (χ2n) is 3.73. The van der Waals surface area contributed by atoms with Gasteiger partial charge in [0.1, 0.15) is 0 Å². The van der Waals surface area contributed by atoms with Crippen LogP contribution in [0.3, 0.4) is 0 Å². The molecule has 0 saturated heterocycles. The van der Waals surface area contributed by atoms with E-state index in [9.17, 15) is 9.90 Å². The summed E-state index contributed by atoms with van der Waals surface area (Å²) in [5, 5.41) is 12.4. The summed E-state index contributed by atoms with van der Waals surface area (Å²) >= 11 is 0. The number of ether oxygens (including phenoxy) is 3. The molecular weight excluding hydrogens is 250 g/mol. The predicted octanol–water partition coefficient (Wildman–Crippen LogP) is 1.48. The number of benzene rings is 1. The highest BCUT2D eigenvalue weighted by molar-refractivity contribution is 5.67. The van der Waals surface area contributed by atoms with Crippen LogP contribution in [0.4, 0.5) is 4.79 Å². The minimum absolute atomic E-state index is 0.0638. The second-order valence-corrected chi connectivity index (χ2v) is 3.73. The van der Waals surface area contributed by atoms with Crippen LogP contribution < -0.4 is 14.8 Å². The molecule has 1 rings (SSSR count). The van der Waals surface area contributed by atoms with E-state index < -0.39 is 12.2 Å². The van der Waals surface area contributed by atoms with Gasteiger partial charge in [-0.25, -0.2) is 4.79 Å². The van der Waals surface area contributed by atoms with Gasteiger partial charge in [0, 0.05) is 0 Å². The normalized spacial score (nSPS) is 11.6. The lowest BCUT2D eigenvalue weighted by atomic mass is 10.1. The molecule has 0 fully saturated rings. The van der Waals surface area contributed by atoms with Crippen molar-refractivity contribution in [3.63, 3.8) is 0 Å². The number of rotatable bonds is 6. The van der Waals surface area contributed by atoms with Crippen molar-refractivity contribution in [1.82, 2.24) is 5.32 Å². The van der Waals surface area contributed by atoms with Gasteiger partial charge in [0.2, 0.25) is 0 Å². The number of hydrogen-bond acceptors (Lipinski definition) is 5. The Bertz CT molecular complexity index is 421. The van der Waals surface area contributed by atoms with Gasteiger partial charge in [-0.1, -0.05) is 6.07 Å². The first-order valence-corrected chi connectivity index (χ1v) is 5.93. The van der Waals surface area contributed by atoms with Gasteiger partial charge in [0.15, 0.2) is 11.5 Å². The van der Waals surface area contributed by atoms with Crippen molar-refractivity contribution in [1.29, 1.82) is 0 Å². The molecule has 0 aliphatic carbocycles. The average molecular weight is 269 g/mol. The third kappa shape index (κ3) is 4.33. The zero-order valence-electron chi connectivity index (χ0n) is 11.3. The van der Waals surface area contributed by atoms with E-state index in [1.54, 1.807) is 25.1 Å². The highest BCUT2D eigenvalue weighted by atomic mass is 16.5. The van der Waals surface area contributed by atoms with Crippen LogP contribution in [0.2, 0.25) is 0 Å².